The summed E-state index contributed by atoms with van der Waals surface area (Å²) in [6, 6.07) is 6.89. The van der Waals surface area contributed by atoms with Crippen molar-refractivity contribution in [2.45, 2.75) is 18.9 Å². The Balaban J connectivity index is 2.46. The molecule has 1 atom stereocenters. The van der Waals surface area contributed by atoms with Gasteiger partial charge in [0.05, 0.1) is 0 Å². The number of nitrogens with zero attached hydrogens (tertiary/aromatic N) is 1. The molecule has 1 aliphatic heterocycles. The molecule has 1 unspecified atom stereocenters. The van der Waals surface area contributed by atoms with E-state index < -0.39 is 0 Å². The fourth-order valence-corrected chi connectivity index (χ4v) is 1.69. The molecule has 0 saturated heterocycles. The monoisotopic (exact) mass is 146 g/mol. The molecule has 0 radical (unpaired) electrons. The topological polar surface area (TPSA) is 3.88 Å². The SMILES string of the molecule is C=CC1CCc2cccc[n+]21. The highest BCUT2D eigenvalue weighted by Gasteiger charge is 2.26. The number of pyridine rings is 1. The van der Waals surface area contributed by atoms with Crippen LogP contribution < -0.4 is 4.57 Å². The van der Waals surface area contributed by atoms with Crippen LogP contribution in [0.2, 0.25) is 0 Å². The van der Waals surface area contributed by atoms with E-state index in [1.807, 2.05) is 6.08 Å². The van der Waals surface area contributed by atoms with Crippen molar-refractivity contribution in [3.63, 3.8) is 0 Å². The van der Waals surface area contributed by atoms with Gasteiger partial charge in [0.25, 0.3) is 0 Å². The summed E-state index contributed by atoms with van der Waals surface area (Å²) in [5.41, 5.74) is 1.43. The molecule has 0 aliphatic carbocycles. The molecule has 0 fully saturated rings. The summed E-state index contributed by atoms with van der Waals surface area (Å²) in [6.07, 6.45) is 6.57. The van der Waals surface area contributed by atoms with Crippen LogP contribution in [-0.4, -0.2) is 0 Å². The molecule has 1 heteroatoms. The van der Waals surface area contributed by atoms with Crippen molar-refractivity contribution in [1.29, 1.82) is 0 Å². The Morgan fingerprint density at radius 1 is 1.55 bits per heavy atom. The number of rotatable bonds is 1. The molecule has 1 nitrogen and oxygen atoms in total. The van der Waals surface area contributed by atoms with E-state index in [1.54, 1.807) is 0 Å². The lowest BCUT2D eigenvalue weighted by Gasteiger charge is -1.97. The van der Waals surface area contributed by atoms with Crippen molar-refractivity contribution in [3.05, 3.63) is 42.7 Å². The van der Waals surface area contributed by atoms with Crippen molar-refractivity contribution in [2.75, 3.05) is 0 Å². The molecular weight excluding hydrogens is 134 g/mol. The minimum Gasteiger partial charge on any atom is -0.196 e. The molecule has 2 rings (SSSR count). The largest absolute Gasteiger partial charge is 0.196 e. The van der Waals surface area contributed by atoms with Crippen LogP contribution in [-0.2, 0) is 6.42 Å². The van der Waals surface area contributed by atoms with E-state index in [4.69, 9.17) is 0 Å². The van der Waals surface area contributed by atoms with Crippen molar-refractivity contribution in [1.82, 2.24) is 0 Å². The van der Waals surface area contributed by atoms with Crippen LogP contribution in [0.25, 0.3) is 0 Å². The highest BCUT2D eigenvalue weighted by atomic mass is 15.0. The summed E-state index contributed by atoms with van der Waals surface area (Å²) in [7, 11) is 0. The van der Waals surface area contributed by atoms with Gasteiger partial charge in [0.15, 0.2) is 17.9 Å². The fraction of sp³-hybridized carbons (Fsp3) is 0.300. The maximum absolute atomic E-state index is 3.82. The van der Waals surface area contributed by atoms with E-state index in [1.165, 1.54) is 18.5 Å². The molecule has 0 spiro atoms. The van der Waals surface area contributed by atoms with Crippen LogP contribution in [0.5, 0.6) is 0 Å². The van der Waals surface area contributed by atoms with E-state index in [-0.39, 0.29) is 0 Å². The van der Waals surface area contributed by atoms with E-state index >= 15 is 0 Å². The van der Waals surface area contributed by atoms with Gasteiger partial charge < -0.3 is 0 Å². The van der Waals surface area contributed by atoms with E-state index in [0.717, 1.165) is 0 Å². The third kappa shape index (κ3) is 0.967. The average Bonchev–Trinajstić information content (AvgIpc) is 2.47. The lowest BCUT2D eigenvalue weighted by molar-refractivity contribution is -0.705. The Labute approximate surface area is 67.0 Å². The lowest BCUT2D eigenvalue weighted by atomic mass is 10.2. The molecule has 0 bridgehead atoms. The standard InChI is InChI=1S/C10H12N/c1-2-9-6-7-10-5-3-4-8-11(9)10/h2-5,8-9H,1,6-7H2/q+1. The van der Waals surface area contributed by atoms with Gasteiger partial charge in [0.1, 0.15) is 0 Å². The van der Waals surface area contributed by atoms with Gasteiger partial charge in [0, 0.05) is 25.0 Å². The molecular formula is C10H12N+. The molecule has 0 saturated carbocycles. The van der Waals surface area contributed by atoms with Crippen molar-refractivity contribution in [2.24, 2.45) is 0 Å². The highest BCUT2D eigenvalue weighted by molar-refractivity contribution is 5.01. The first-order valence-corrected chi connectivity index (χ1v) is 4.03. The molecule has 1 aromatic rings. The van der Waals surface area contributed by atoms with Gasteiger partial charge >= 0.3 is 0 Å². The molecule has 11 heavy (non-hydrogen) atoms. The quantitative estimate of drug-likeness (QED) is 0.419. The molecule has 56 valence electrons. The van der Waals surface area contributed by atoms with Gasteiger partial charge in [-0.15, -0.1) is 0 Å². The maximum atomic E-state index is 3.82. The molecule has 0 N–H and O–H groups in total. The first-order chi connectivity index (χ1) is 5.42. The zero-order chi connectivity index (χ0) is 7.68. The Morgan fingerprint density at radius 3 is 3.27 bits per heavy atom. The van der Waals surface area contributed by atoms with Crippen molar-refractivity contribution >= 4 is 0 Å². The minimum absolute atomic E-state index is 0.534. The first kappa shape index (κ1) is 6.59. The number of aromatic nitrogens is 1. The molecule has 2 heterocycles. The summed E-state index contributed by atoms with van der Waals surface area (Å²) >= 11 is 0. The summed E-state index contributed by atoms with van der Waals surface area (Å²) in [5.74, 6) is 0. The third-order valence-corrected chi connectivity index (χ3v) is 2.30. The Hall–Kier alpha value is -1.11. The molecule has 0 aromatic carbocycles. The van der Waals surface area contributed by atoms with Crippen LogP contribution in [0, 0.1) is 0 Å². The maximum Gasteiger partial charge on any atom is 0.182 e. The van der Waals surface area contributed by atoms with Crippen LogP contribution in [0.3, 0.4) is 0 Å². The number of allylic oxidation sites excluding steroid dienone is 1. The second kappa shape index (κ2) is 2.50. The second-order valence-electron chi connectivity index (χ2n) is 2.94. The normalized spacial score (nSPS) is 21.3. The fourth-order valence-electron chi connectivity index (χ4n) is 1.69. The molecule has 1 aliphatic rings. The van der Waals surface area contributed by atoms with Crippen molar-refractivity contribution in [3.8, 4) is 0 Å². The lowest BCUT2D eigenvalue weighted by Crippen LogP contribution is -2.36. The van der Waals surface area contributed by atoms with Crippen LogP contribution in [0.15, 0.2) is 37.1 Å². The van der Waals surface area contributed by atoms with Gasteiger partial charge in [0.2, 0.25) is 0 Å². The molecule has 0 amide bonds. The summed E-state index contributed by atoms with van der Waals surface area (Å²) < 4.78 is 2.30. The Bertz CT molecular complexity index is 278. The zero-order valence-corrected chi connectivity index (χ0v) is 6.53. The predicted octanol–water partition coefficient (Wildman–Crippen LogP) is 1.65. The zero-order valence-electron chi connectivity index (χ0n) is 6.53. The smallest absolute Gasteiger partial charge is 0.182 e. The Morgan fingerprint density at radius 2 is 2.45 bits per heavy atom. The number of hydrogen-bond donors (Lipinski definition) is 0. The first-order valence-electron chi connectivity index (χ1n) is 4.03. The van der Waals surface area contributed by atoms with E-state index in [2.05, 4.69) is 35.5 Å². The molecule has 1 aromatic heterocycles. The number of aryl methyl sites for hydroxylation is 1. The minimum atomic E-state index is 0.534. The van der Waals surface area contributed by atoms with Crippen molar-refractivity contribution < 1.29 is 4.57 Å². The van der Waals surface area contributed by atoms with Crippen LogP contribution in [0.1, 0.15) is 18.2 Å². The third-order valence-electron chi connectivity index (χ3n) is 2.30. The van der Waals surface area contributed by atoms with Gasteiger partial charge in [-0.25, -0.2) is 0 Å². The van der Waals surface area contributed by atoms with Gasteiger partial charge in [-0.2, -0.15) is 4.57 Å². The number of fused-ring (bicyclic) bond motifs is 1. The van der Waals surface area contributed by atoms with Crippen LogP contribution in [0.4, 0.5) is 0 Å². The summed E-state index contributed by atoms with van der Waals surface area (Å²) in [4.78, 5) is 0. The van der Waals surface area contributed by atoms with Gasteiger partial charge in [-0.1, -0.05) is 12.6 Å². The predicted molar refractivity (Wildman–Crippen MR) is 44.2 cm³/mol. The second-order valence-corrected chi connectivity index (χ2v) is 2.94. The van der Waals surface area contributed by atoms with Gasteiger partial charge in [-0.05, 0) is 6.08 Å². The van der Waals surface area contributed by atoms with E-state index in [0.29, 0.717) is 6.04 Å². The Kier molecular flexibility index (Phi) is 1.50. The summed E-state index contributed by atoms with van der Waals surface area (Å²) in [5, 5.41) is 0. The van der Waals surface area contributed by atoms with Crippen LogP contribution >= 0.6 is 0 Å². The number of hydrogen-bond acceptors (Lipinski definition) is 0. The summed E-state index contributed by atoms with van der Waals surface area (Å²) in [6.45, 7) is 3.82. The highest BCUT2D eigenvalue weighted by Crippen LogP contribution is 2.16. The van der Waals surface area contributed by atoms with E-state index in [9.17, 15) is 0 Å². The average molecular weight is 146 g/mol. The van der Waals surface area contributed by atoms with Gasteiger partial charge in [-0.3, -0.25) is 0 Å².